The lowest BCUT2D eigenvalue weighted by molar-refractivity contribution is 1.41. The van der Waals surface area contributed by atoms with E-state index in [-0.39, 0.29) is 0 Å². The molecule has 0 aliphatic carbocycles. The molecule has 0 saturated carbocycles. The molecule has 1 heterocycles. The predicted octanol–water partition coefficient (Wildman–Crippen LogP) is 2.27. The molecular formula is C11H7N3. The maximum Gasteiger partial charge on any atom is 0.181 e. The number of hydrogen-bond acceptors (Lipinski definition) is 3. The molecule has 0 saturated heterocycles. The fourth-order valence-corrected chi connectivity index (χ4v) is 1.02. The molecule has 0 N–H and O–H groups in total. The van der Waals surface area contributed by atoms with E-state index in [0.717, 1.165) is 5.52 Å². The monoisotopic (exact) mass is 181 g/mol. The van der Waals surface area contributed by atoms with Crippen molar-refractivity contribution < 1.29 is 0 Å². The fraction of sp³-hybridized carbons (Fsp3) is 0. The van der Waals surface area contributed by atoms with Crippen molar-refractivity contribution in [3.63, 3.8) is 0 Å². The fourth-order valence-electron chi connectivity index (χ4n) is 1.02. The SMILES string of the molecule is N#CC#N.c1ccc2ncccc2c1. The highest BCUT2D eigenvalue weighted by atomic mass is 14.6. The zero-order valence-corrected chi connectivity index (χ0v) is 7.38. The smallest absolute Gasteiger partial charge is 0.181 e. The van der Waals surface area contributed by atoms with E-state index in [1.165, 1.54) is 17.5 Å². The summed E-state index contributed by atoms with van der Waals surface area (Å²) in [6.07, 6.45) is 1.81. The van der Waals surface area contributed by atoms with Gasteiger partial charge in [-0.3, -0.25) is 4.98 Å². The minimum Gasteiger partial charge on any atom is -0.256 e. The van der Waals surface area contributed by atoms with Crippen LogP contribution in [0.2, 0.25) is 0 Å². The van der Waals surface area contributed by atoms with Gasteiger partial charge in [-0.15, -0.1) is 0 Å². The maximum absolute atomic E-state index is 7.26. The third-order valence-corrected chi connectivity index (χ3v) is 1.56. The highest BCUT2D eigenvalue weighted by Crippen LogP contribution is 2.07. The highest BCUT2D eigenvalue weighted by Gasteiger charge is 1.86. The topological polar surface area (TPSA) is 60.5 Å². The molecule has 0 amide bonds. The summed E-state index contributed by atoms with van der Waals surface area (Å²) in [6.45, 7) is 0. The normalized spacial score (nSPS) is 7.86. The van der Waals surface area contributed by atoms with Gasteiger partial charge >= 0.3 is 0 Å². The van der Waals surface area contributed by atoms with Gasteiger partial charge in [0.25, 0.3) is 0 Å². The minimum atomic E-state index is 1.06. The third-order valence-electron chi connectivity index (χ3n) is 1.56. The van der Waals surface area contributed by atoms with Crippen LogP contribution in [0.5, 0.6) is 0 Å². The van der Waals surface area contributed by atoms with Crippen molar-refractivity contribution in [2.45, 2.75) is 0 Å². The summed E-state index contributed by atoms with van der Waals surface area (Å²) < 4.78 is 0. The third kappa shape index (κ3) is 2.58. The molecule has 0 aliphatic rings. The predicted molar refractivity (Wildman–Crippen MR) is 53.0 cm³/mol. The van der Waals surface area contributed by atoms with Crippen LogP contribution in [-0.4, -0.2) is 4.98 Å². The average molecular weight is 181 g/mol. The van der Waals surface area contributed by atoms with Gasteiger partial charge in [0.2, 0.25) is 0 Å². The number of rotatable bonds is 0. The molecule has 2 rings (SSSR count). The molecule has 66 valence electrons. The lowest BCUT2D eigenvalue weighted by Crippen LogP contribution is -1.73. The van der Waals surface area contributed by atoms with Crippen LogP contribution in [0, 0.1) is 22.7 Å². The van der Waals surface area contributed by atoms with Gasteiger partial charge in [0.1, 0.15) is 0 Å². The summed E-state index contributed by atoms with van der Waals surface area (Å²) >= 11 is 0. The number of aromatic nitrogens is 1. The van der Waals surface area contributed by atoms with Crippen molar-refractivity contribution in [1.29, 1.82) is 10.5 Å². The van der Waals surface area contributed by atoms with E-state index in [4.69, 9.17) is 10.5 Å². The molecule has 3 heteroatoms. The molecule has 3 nitrogen and oxygen atoms in total. The van der Waals surface area contributed by atoms with Gasteiger partial charge in [0, 0.05) is 11.6 Å². The summed E-state index contributed by atoms with van der Waals surface area (Å²) in [6, 6.07) is 14.6. The first-order chi connectivity index (χ1) is 6.88. The van der Waals surface area contributed by atoms with Gasteiger partial charge in [-0.05, 0) is 12.1 Å². The second-order valence-electron chi connectivity index (χ2n) is 2.42. The number of hydrogen-bond donors (Lipinski definition) is 0. The van der Waals surface area contributed by atoms with Gasteiger partial charge in [0.05, 0.1) is 5.52 Å². The van der Waals surface area contributed by atoms with Gasteiger partial charge < -0.3 is 0 Å². The molecule has 0 radical (unpaired) electrons. The van der Waals surface area contributed by atoms with Gasteiger partial charge in [-0.1, -0.05) is 24.3 Å². The molecule has 0 fully saturated rings. The van der Waals surface area contributed by atoms with Gasteiger partial charge in [0.15, 0.2) is 12.1 Å². The molecule has 1 aromatic carbocycles. The summed E-state index contributed by atoms with van der Waals surface area (Å²) in [5.74, 6) is 0. The first-order valence-corrected chi connectivity index (χ1v) is 3.96. The Bertz CT molecular complexity index is 414. The summed E-state index contributed by atoms with van der Waals surface area (Å²) in [4.78, 5) is 4.18. The van der Waals surface area contributed by atoms with E-state index in [1.807, 2.05) is 30.5 Å². The molecule has 2 aromatic rings. The molecule has 0 aliphatic heterocycles. The quantitative estimate of drug-likeness (QED) is 0.626. The molecule has 0 unspecified atom stereocenters. The number of nitrogens with zero attached hydrogens (tertiary/aromatic N) is 3. The van der Waals surface area contributed by atoms with Gasteiger partial charge in [-0.25, -0.2) is 0 Å². The van der Waals surface area contributed by atoms with Crippen molar-refractivity contribution >= 4 is 10.9 Å². The Kier molecular flexibility index (Phi) is 3.66. The number of para-hydroxylation sites is 1. The van der Waals surface area contributed by atoms with Crippen molar-refractivity contribution in [3.8, 4) is 12.1 Å². The Labute approximate surface area is 81.9 Å². The van der Waals surface area contributed by atoms with Crippen molar-refractivity contribution in [3.05, 3.63) is 42.6 Å². The van der Waals surface area contributed by atoms with E-state index in [0.29, 0.717) is 0 Å². The molecule has 0 spiro atoms. The standard InChI is InChI=1S/C9H7N.C2N2/c1-2-6-9-8(4-1)5-3-7-10-9;3-1-2-4/h1-7H;. The lowest BCUT2D eigenvalue weighted by Gasteiger charge is -1.91. The number of pyridine rings is 1. The number of benzene rings is 1. The van der Waals surface area contributed by atoms with Crippen molar-refractivity contribution in [2.24, 2.45) is 0 Å². The van der Waals surface area contributed by atoms with E-state index in [1.54, 1.807) is 0 Å². The average Bonchev–Trinajstić information content (AvgIpc) is 2.30. The first-order valence-electron chi connectivity index (χ1n) is 3.96. The zero-order valence-electron chi connectivity index (χ0n) is 7.38. The largest absolute Gasteiger partial charge is 0.256 e. The van der Waals surface area contributed by atoms with Crippen LogP contribution in [0.3, 0.4) is 0 Å². The molecule has 14 heavy (non-hydrogen) atoms. The van der Waals surface area contributed by atoms with Crippen LogP contribution >= 0.6 is 0 Å². The van der Waals surface area contributed by atoms with Crippen LogP contribution < -0.4 is 0 Å². The van der Waals surface area contributed by atoms with E-state index in [9.17, 15) is 0 Å². The van der Waals surface area contributed by atoms with E-state index in [2.05, 4.69) is 17.1 Å². The van der Waals surface area contributed by atoms with Crippen LogP contribution in [0.25, 0.3) is 10.9 Å². The Morgan fingerprint density at radius 2 is 1.57 bits per heavy atom. The van der Waals surface area contributed by atoms with Crippen LogP contribution in [0.1, 0.15) is 0 Å². The van der Waals surface area contributed by atoms with Crippen LogP contribution in [-0.2, 0) is 0 Å². The number of nitriles is 2. The molecule has 0 atom stereocenters. The van der Waals surface area contributed by atoms with Crippen molar-refractivity contribution in [1.82, 2.24) is 4.98 Å². The van der Waals surface area contributed by atoms with Crippen molar-refractivity contribution in [2.75, 3.05) is 0 Å². The highest BCUT2D eigenvalue weighted by molar-refractivity contribution is 5.77. The summed E-state index contributed by atoms with van der Waals surface area (Å²) in [7, 11) is 0. The molecular weight excluding hydrogens is 174 g/mol. The second kappa shape index (κ2) is 5.29. The Hall–Kier alpha value is -2.39. The van der Waals surface area contributed by atoms with E-state index >= 15 is 0 Å². The Balaban J connectivity index is 0.000000213. The summed E-state index contributed by atoms with van der Waals surface area (Å²) in [5, 5.41) is 15.7. The Morgan fingerprint density at radius 1 is 0.929 bits per heavy atom. The first kappa shape index (κ1) is 9.70. The van der Waals surface area contributed by atoms with E-state index < -0.39 is 0 Å². The lowest BCUT2D eigenvalue weighted by atomic mass is 10.2. The summed E-state index contributed by atoms with van der Waals surface area (Å²) in [5.41, 5.74) is 1.06. The second-order valence-corrected chi connectivity index (χ2v) is 2.42. The zero-order chi connectivity index (χ0) is 10.2. The van der Waals surface area contributed by atoms with Crippen LogP contribution in [0.15, 0.2) is 42.6 Å². The Morgan fingerprint density at radius 3 is 2.21 bits per heavy atom. The number of fused-ring (bicyclic) bond motifs is 1. The molecule has 1 aromatic heterocycles. The minimum absolute atomic E-state index is 1.06. The molecule has 0 bridgehead atoms. The maximum atomic E-state index is 7.26. The van der Waals surface area contributed by atoms with Gasteiger partial charge in [-0.2, -0.15) is 10.5 Å². The van der Waals surface area contributed by atoms with Crippen LogP contribution in [0.4, 0.5) is 0 Å².